The van der Waals surface area contributed by atoms with E-state index in [0.29, 0.717) is 31.5 Å². The first-order valence-electron chi connectivity index (χ1n) is 10.7. The van der Waals surface area contributed by atoms with E-state index >= 15 is 0 Å². The molecule has 0 bridgehead atoms. The van der Waals surface area contributed by atoms with E-state index in [1.54, 1.807) is 0 Å². The lowest BCUT2D eigenvalue weighted by Crippen LogP contribution is -2.46. The third-order valence-corrected chi connectivity index (χ3v) is 5.01. The quantitative estimate of drug-likeness (QED) is 0.415. The van der Waals surface area contributed by atoms with Gasteiger partial charge >= 0.3 is 0 Å². The molecule has 156 valence electrons. The van der Waals surface area contributed by atoms with E-state index in [1.807, 2.05) is 6.92 Å². The number of hydrogen-bond donors (Lipinski definition) is 3. The molecule has 1 saturated heterocycles. The van der Waals surface area contributed by atoms with Crippen LogP contribution in [0.5, 0.6) is 0 Å². The Hall–Kier alpha value is -1.34. The number of guanidine groups is 1. The molecule has 0 aromatic rings. The van der Waals surface area contributed by atoms with Crippen LogP contribution in [0, 0.1) is 5.92 Å². The van der Waals surface area contributed by atoms with Crippen molar-refractivity contribution >= 4 is 11.9 Å². The predicted octanol–water partition coefficient (Wildman–Crippen LogP) is 1.35. The minimum Gasteiger partial charge on any atom is -0.374 e. The highest BCUT2D eigenvalue weighted by Crippen LogP contribution is 2.17. The summed E-state index contributed by atoms with van der Waals surface area (Å²) >= 11 is 0. The molecule has 2 aliphatic rings. The Morgan fingerprint density at radius 2 is 2.04 bits per heavy atom. The summed E-state index contributed by atoms with van der Waals surface area (Å²) in [5.74, 6) is 1.56. The molecule has 7 heteroatoms. The van der Waals surface area contributed by atoms with Crippen molar-refractivity contribution in [3.8, 4) is 0 Å². The third-order valence-electron chi connectivity index (χ3n) is 5.01. The topological polar surface area (TPSA) is 78.0 Å². The second kappa shape index (κ2) is 12.2. The van der Waals surface area contributed by atoms with Crippen molar-refractivity contribution in [1.82, 2.24) is 20.9 Å². The number of morpholine rings is 1. The van der Waals surface area contributed by atoms with Crippen molar-refractivity contribution in [2.45, 2.75) is 65.0 Å². The smallest absolute Gasteiger partial charge is 0.221 e. The van der Waals surface area contributed by atoms with Gasteiger partial charge in [-0.15, -0.1) is 0 Å². The Labute approximate surface area is 164 Å². The summed E-state index contributed by atoms with van der Waals surface area (Å²) in [7, 11) is 0. The minimum atomic E-state index is 0.130. The molecule has 1 aliphatic carbocycles. The van der Waals surface area contributed by atoms with Gasteiger partial charge in [0.15, 0.2) is 5.96 Å². The molecule has 1 atom stereocenters. The van der Waals surface area contributed by atoms with Crippen LogP contribution in [-0.4, -0.2) is 74.8 Å². The number of nitrogens with zero attached hydrogens (tertiary/aromatic N) is 2. The molecular formula is C20H39N5O2. The van der Waals surface area contributed by atoms with Crippen LogP contribution in [-0.2, 0) is 9.53 Å². The number of rotatable bonds is 9. The van der Waals surface area contributed by atoms with Gasteiger partial charge in [-0.1, -0.05) is 26.7 Å². The fourth-order valence-corrected chi connectivity index (χ4v) is 3.77. The summed E-state index contributed by atoms with van der Waals surface area (Å²) in [6.07, 6.45) is 5.33. The number of amides is 1. The summed E-state index contributed by atoms with van der Waals surface area (Å²) in [5.41, 5.74) is 0. The molecule has 27 heavy (non-hydrogen) atoms. The lowest BCUT2D eigenvalue weighted by molar-refractivity contribution is -0.121. The molecule has 7 nitrogen and oxygen atoms in total. The average molecular weight is 382 g/mol. The van der Waals surface area contributed by atoms with Gasteiger partial charge in [0.25, 0.3) is 0 Å². The first-order valence-corrected chi connectivity index (χ1v) is 10.7. The average Bonchev–Trinajstić information content (AvgIpc) is 3.12. The van der Waals surface area contributed by atoms with Crippen LogP contribution in [0.2, 0.25) is 0 Å². The molecule has 0 aromatic carbocycles. The first-order chi connectivity index (χ1) is 13.1. The zero-order valence-corrected chi connectivity index (χ0v) is 17.4. The predicted molar refractivity (Wildman–Crippen MR) is 110 cm³/mol. The molecule has 1 unspecified atom stereocenters. The normalized spacial score (nSPS) is 22.2. The highest BCUT2D eigenvalue weighted by molar-refractivity contribution is 5.81. The molecule has 1 amide bonds. The fraction of sp³-hybridized carbons (Fsp3) is 0.900. The van der Waals surface area contributed by atoms with Crippen molar-refractivity contribution in [2.24, 2.45) is 10.9 Å². The number of hydrogen-bond acceptors (Lipinski definition) is 4. The molecular weight excluding hydrogens is 342 g/mol. The van der Waals surface area contributed by atoms with Gasteiger partial charge in [0.1, 0.15) is 0 Å². The van der Waals surface area contributed by atoms with E-state index in [1.165, 1.54) is 12.8 Å². The molecule has 3 N–H and O–H groups in total. The van der Waals surface area contributed by atoms with Gasteiger partial charge in [-0.25, -0.2) is 0 Å². The van der Waals surface area contributed by atoms with Crippen LogP contribution in [0.15, 0.2) is 4.99 Å². The number of nitrogens with one attached hydrogen (secondary N) is 3. The van der Waals surface area contributed by atoms with Gasteiger partial charge in [-0.05, 0) is 25.7 Å². The maximum atomic E-state index is 12.0. The summed E-state index contributed by atoms with van der Waals surface area (Å²) in [5, 5.41) is 9.64. The van der Waals surface area contributed by atoms with E-state index in [4.69, 9.17) is 4.74 Å². The first kappa shape index (κ1) is 22.0. The number of carbonyl (C=O) groups excluding carboxylic acids is 1. The van der Waals surface area contributed by atoms with Crippen molar-refractivity contribution in [2.75, 3.05) is 45.9 Å². The molecule has 0 aromatic heterocycles. The van der Waals surface area contributed by atoms with Crippen LogP contribution >= 0.6 is 0 Å². The standard InChI is InChI=1S/C20H39N5O2/c1-4-21-20(22-10-9-19(26)24-17-7-5-6-8-17)23-13-18-15-25(11-12-27-18)14-16(2)3/h16-18H,4-15H2,1-3H3,(H,24,26)(H2,21,22,23). The maximum absolute atomic E-state index is 12.0. The van der Waals surface area contributed by atoms with E-state index < -0.39 is 0 Å². The summed E-state index contributed by atoms with van der Waals surface area (Å²) in [6, 6.07) is 0.386. The van der Waals surface area contributed by atoms with Gasteiger partial charge in [-0.3, -0.25) is 14.7 Å². The Balaban J connectivity index is 1.70. The van der Waals surface area contributed by atoms with Crippen molar-refractivity contribution in [1.29, 1.82) is 0 Å². The van der Waals surface area contributed by atoms with Gasteiger partial charge in [0.05, 0.1) is 19.3 Å². The number of ether oxygens (including phenoxy) is 1. The lowest BCUT2D eigenvalue weighted by atomic mass is 10.2. The molecule has 1 aliphatic heterocycles. The fourth-order valence-electron chi connectivity index (χ4n) is 3.77. The molecule has 2 fully saturated rings. The summed E-state index contributed by atoms with van der Waals surface area (Å²) < 4.78 is 5.87. The van der Waals surface area contributed by atoms with Crippen LogP contribution in [0.4, 0.5) is 0 Å². The van der Waals surface area contributed by atoms with Crippen molar-refractivity contribution in [3.63, 3.8) is 0 Å². The molecule has 0 spiro atoms. The van der Waals surface area contributed by atoms with Gasteiger partial charge in [-0.2, -0.15) is 0 Å². The summed E-state index contributed by atoms with van der Waals surface area (Å²) in [6.45, 7) is 12.4. The molecule has 1 heterocycles. The molecule has 2 rings (SSSR count). The van der Waals surface area contributed by atoms with Gasteiger partial charge in [0, 0.05) is 45.2 Å². The number of aliphatic imine (C=N–C) groups is 1. The van der Waals surface area contributed by atoms with Crippen LogP contribution in [0.3, 0.4) is 0 Å². The Kier molecular flexibility index (Phi) is 9.91. The zero-order chi connectivity index (χ0) is 19.5. The van der Waals surface area contributed by atoms with E-state index in [-0.39, 0.29) is 12.0 Å². The SMILES string of the molecule is CCNC(=NCC1CN(CC(C)C)CCO1)NCCC(=O)NC1CCCC1. The second-order valence-corrected chi connectivity index (χ2v) is 8.09. The van der Waals surface area contributed by atoms with Crippen LogP contribution in [0.25, 0.3) is 0 Å². The number of carbonyl (C=O) groups is 1. The van der Waals surface area contributed by atoms with Crippen molar-refractivity contribution in [3.05, 3.63) is 0 Å². The molecule has 0 radical (unpaired) electrons. The van der Waals surface area contributed by atoms with Crippen LogP contribution in [0.1, 0.15) is 52.9 Å². The van der Waals surface area contributed by atoms with Gasteiger partial charge in [0.2, 0.25) is 5.91 Å². The second-order valence-electron chi connectivity index (χ2n) is 8.09. The highest BCUT2D eigenvalue weighted by atomic mass is 16.5. The molecule has 1 saturated carbocycles. The zero-order valence-electron chi connectivity index (χ0n) is 17.4. The van der Waals surface area contributed by atoms with Gasteiger partial charge < -0.3 is 20.7 Å². The highest BCUT2D eigenvalue weighted by Gasteiger charge is 2.21. The van der Waals surface area contributed by atoms with Crippen LogP contribution < -0.4 is 16.0 Å². The van der Waals surface area contributed by atoms with E-state index in [9.17, 15) is 4.79 Å². The Morgan fingerprint density at radius 1 is 1.26 bits per heavy atom. The third kappa shape index (κ3) is 8.93. The Bertz CT molecular complexity index is 463. The van der Waals surface area contributed by atoms with Crippen molar-refractivity contribution < 1.29 is 9.53 Å². The Morgan fingerprint density at radius 3 is 2.74 bits per heavy atom. The minimum absolute atomic E-state index is 0.130. The largest absolute Gasteiger partial charge is 0.374 e. The lowest BCUT2D eigenvalue weighted by Gasteiger charge is -2.33. The van der Waals surface area contributed by atoms with E-state index in [0.717, 1.165) is 51.6 Å². The summed E-state index contributed by atoms with van der Waals surface area (Å²) in [4.78, 5) is 19.2. The monoisotopic (exact) mass is 381 g/mol. The maximum Gasteiger partial charge on any atom is 0.221 e. The van der Waals surface area contributed by atoms with E-state index in [2.05, 4.69) is 39.7 Å².